The predicted molar refractivity (Wildman–Crippen MR) is 96.4 cm³/mol. The molecule has 8 heteroatoms. The van der Waals surface area contributed by atoms with Crippen molar-refractivity contribution in [3.63, 3.8) is 0 Å². The van der Waals surface area contributed by atoms with Crippen molar-refractivity contribution in [2.24, 2.45) is 0 Å². The summed E-state index contributed by atoms with van der Waals surface area (Å²) in [7, 11) is 2.39. The molecule has 0 bridgehead atoms. The number of carbonyl (C=O) groups excluding carboxylic acids is 3. The molecule has 2 aromatic carbocycles. The van der Waals surface area contributed by atoms with Crippen LogP contribution < -0.4 is 9.47 Å². The van der Waals surface area contributed by atoms with Gasteiger partial charge in [-0.1, -0.05) is 11.6 Å². The summed E-state index contributed by atoms with van der Waals surface area (Å²) in [6.07, 6.45) is 0. The van der Waals surface area contributed by atoms with Gasteiger partial charge >= 0.3 is 17.9 Å². The van der Waals surface area contributed by atoms with Crippen molar-refractivity contribution in [3.05, 3.63) is 58.1 Å². The van der Waals surface area contributed by atoms with Crippen LogP contribution >= 0.6 is 11.6 Å². The number of methoxy groups -OCH3 is 2. The van der Waals surface area contributed by atoms with E-state index in [0.717, 1.165) is 5.56 Å². The monoisotopic (exact) mass is 392 g/mol. The Balaban J connectivity index is 2.12. The van der Waals surface area contributed by atoms with Gasteiger partial charge < -0.3 is 18.9 Å². The molecule has 27 heavy (non-hydrogen) atoms. The molecule has 0 saturated carbocycles. The fourth-order valence-electron chi connectivity index (χ4n) is 2.14. The Hall–Kier alpha value is -3.06. The normalized spacial score (nSPS) is 10.1. The molecule has 0 unspecified atom stereocenters. The lowest BCUT2D eigenvalue weighted by Crippen LogP contribution is -2.18. The van der Waals surface area contributed by atoms with E-state index in [1.54, 1.807) is 25.1 Å². The number of rotatable bonds is 6. The van der Waals surface area contributed by atoms with E-state index < -0.39 is 17.9 Å². The summed E-state index contributed by atoms with van der Waals surface area (Å²) in [4.78, 5) is 35.5. The zero-order valence-electron chi connectivity index (χ0n) is 14.9. The molecule has 0 radical (unpaired) electrons. The number of hydrogen-bond acceptors (Lipinski definition) is 7. The first-order valence-electron chi connectivity index (χ1n) is 7.75. The van der Waals surface area contributed by atoms with E-state index in [1.165, 1.54) is 32.4 Å². The highest BCUT2D eigenvalue weighted by molar-refractivity contribution is 6.31. The zero-order chi connectivity index (χ0) is 20.0. The van der Waals surface area contributed by atoms with Crippen LogP contribution in [-0.2, 0) is 14.3 Å². The summed E-state index contributed by atoms with van der Waals surface area (Å²) in [5.41, 5.74) is 0.880. The first-order chi connectivity index (χ1) is 12.8. The van der Waals surface area contributed by atoms with Crippen molar-refractivity contribution in [2.45, 2.75) is 6.92 Å². The third-order valence-corrected chi connectivity index (χ3v) is 3.89. The minimum Gasteiger partial charge on any atom is -0.482 e. The van der Waals surface area contributed by atoms with Crippen LogP contribution in [0.1, 0.15) is 26.3 Å². The molecule has 0 aliphatic rings. The lowest BCUT2D eigenvalue weighted by atomic mass is 10.1. The molecule has 0 aromatic heterocycles. The molecule has 0 saturated heterocycles. The second-order valence-electron chi connectivity index (χ2n) is 5.40. The van der Waals surface area contributed by atoms with Crippen molar-refractivity contribution in [1.82, 2.24) is 0 Å². The van der Waals surface area contributed by atoms with Crippen molar-refractivity contribution in [2.75, 3.05) is 20.8 Å². The Morgan fingerprint density at radius 3 is 2.00 bits per heavy atom. The Bertz CT molecular complexity index is 842. The molecule has 0 aliphatic heterocycles. The van der Waals surface area contributed by atoms with Gasteiger partial charge in [-0.05, 0) is 48.9 Å². The van der Waals surface area contributed by atoms with E-state index in [-0.39, 0.29) is 23.5 Å². The average molecular weight is 393 g/mol. The molecule has 0 N–H and O–H groups in total. The van der Waals surface area contributed by atoms with E-state index in [0.29, 0.717) is 10.8 Å². The van der Waals surface area contributed by atoms with Crippen molar-refractivity contribution in [1.29, 1.82) is 0 Å². The average Bonchev–Trinajstić information content (AvgIpc) is 2.67. The van der Waals surface area contributed by atoms with Gasteiger partial charge in [0, 0.05) is 5.02 Å². The number of carbonyl (C=O) groups is 3. The molecular formula is C19H17ClO7. The minimum absolute atomic E-state index is 0.0146. The Morgan fingerprint density at radius 2 is 1.48 bits per heavy atom. The minimum atomic E-state index is -0.722. The largest absolute Gasteiger partial charge is 0.482 e. The molecule has 142 valence electrons. The third kappa shape index (κ3) is 5.46. The highest BCUT2D eigenvalue weighted by atomic mass is 35.5. The Kier molecular flexibility index (Phi) is 6.79. The first-order valence-corrected chi connectivity index (χ1v) is 8.13. The topological polar surface area (TPSA) is 88.1 Å². The SMILES string of the molecule is COC(=O)c1cc(OC(=O)COc2ccc(Cl)c(C)c2)cc(C(=O)OC)c1. The maximum absolute atomic E-state index is 12.0. The van der Waals surface area contributed by atoms with Crippen LogP contribution in [0.25, 0.3) is 0 Å². The zero-order valence-corrected chi connectivity index (χ0v) is 15.7. The van der Waals surface area contributed by atoms with Crippen molar-refractivity contribution in [3.8, 4) is 11.5 Å². The lowest BCUT2D eigenvalue weighted by Gasteiger charge is -2.10. The number of aryl methyl sites for hydroxylation is 1. The van der Waals surface area contributed by atoms with Crippen LogP contribution in [0.15, 0.2) is 36.4 Å². The van der Waals surface area contributed by atoms with Gasteiger partial charge in [-0.25, -0.2) is 14.4 Å². The molecule has 7 nitrogen and oxygen atoms in total. The van der Waals surface area contributed by atoms with Crippen LogP contribution in [0.4, 0.5) is 0 Å². The molecule has 0 fully saturated rings. The van der Waals surface area contributed by atoms with Gasteiger partial charge in [0.2, 0.25) is 0 Å². The fraction of sp³-hybridized carbons (Fsp3) is 0.211. The summed E-state index contributed by atoms with van der Waals surface area (Å²) >= 11 is 5.93. The molecule has 2 aromatic rings. The van der Waals surface area contributed by atoms with E-state index in [9.17, 15) is 14.4 Å². The molecule has 0 amide bonds. The van der Waals surface area contributed by atoms with E-state index in [2.05, 4.69) is 9.47 Å². The quantitative estimate of drug-likeness (QED) is 0.551. The molecule has 2 rings (SSSR count). The maximum atomic E-state index is 12.0. The van der Waals surface area contributed by atoms with Crippen LogP contribution in [-0.4, -0.2) is 38.7 Å². The summed E-state index contributed by atoms with van der Waals surface area (Å²) < 4.78 is 19.8. The number of hydrogen-bond donors (Lipinski definition) is 0. The second kappa shape index (κ2) is 9.05. The van der Waals surface area contributed by atoms with E-state index >= 15 is 0 Å². The van der Waals surface area contributed by atoms with Gasteiger partial charge in [-0.3, -0.25) is 0 Å². The number of ether oxygens (including phenoxy) is 4. The highest BCUT2D eigenvalue weighted by Gasteiger charge is 2.16. The third-order valence-electron chi connectivity index (χ3n) is 3.47. The summed E-state index contributed by atoms with van der Waals surface area (Å²) in [5.74, 6) is -1.66. The summed E-state index contributed by atoms with van der Waals surface area (Å²) in [6.45, 7) is 1.43. The smallest absolute Gasteiger partial charge is 0.349 e. The van der Waals surface area contributed by atoms with Crippen LogP contribution in [0.2, 0.25) is 5.02 Å². The second-order valence-corrected chi connectivity index (χ2v) is 5.81. The highest BCUT2D eigenvalue weighted by Crippen LogP contribution is 2.22. The van der Waals surface area contributed by atoms with Gasteiger partial charge in [0.1, 0.15) is 11.5 Å². The summed E-state index contributed by atoms with van der Waals surface area (Å²) in [6, 6.07) is 8.80. The molecule has 0 aliphatic carbocycles. The number of halogens is 1. The van der Waals surface area contributed by atoms with Crippen LogP contribution in [0.3, 0.4) is 0 Å². The molecular weight excluding hydrogens is 376 g/mol. The number of benzene rings is 2. The van der Waals surface area contributed by atoms with Gasteiger partial charge in [0.25, 0.3) is 0 Å². The summed E-state index contributed by atoms with van der Waals surface area (Å²) in [5, 5.41) is 0.583. The molecule has 0 heterocycles. The van der Waals surface area contributed by atoms with Gasteiger partial charge in [-0.15, -0.1) is 0 Å². The Labute approximate surface area is 160 Å². The lowest BCUT2D eigenvalue weighted by molar-refractivity contribution is -0.136. The van der Waals surface area contributed by atoms with Crippen LogP contribution in [0.5, 0.6) is 11.5 Å². The first kappa shape index (κ1) is 20.3. The van der Waals surface area contributed by atoms with E-state index in [4.69, 9.17) is 21.1 Å². The van der Waals surface area contributed by atoms with Gasteiger partial charge in [0.15, 0.2) is 6.61 Å². The van der Waals surface area contributed by atoms with E-state index in [1.807, 2.05) is 0 Å². The van der Waals surface area contributed by atoms with Crippen molar-refractivity contribution >= 4 is 29.5 Å². The van der Waals surface area contributed by atoms with Gasteiger partial charge in [0.05, 0.1) is 25.3 Å². The number of esters is 3. The standard InChI is InChI=1S/C19H17ClO7/c1-11-6-14(4-5-16(11)20)26-10-17(21)27-15-8-12(18(22)24-2)7-13(9-15)19(23)25-3/h4-9H,10H2,1-3H3. The Morgan fingerprint density at radius 1 is 0.889 bits per heavy atom. The van der Waals surface area contributed by atoms with Crippen molar-refractivity contribution < 1.29 is 33.3 Å². The fourth-order valence-corrected chi connectivity index (χ4v) is 2.26. The van der Waals surface area contributed by atoms with Crippen LogP contribution in [0, 0.1) is 6.92 Å². The predicted octanol–water partition coefficient (Wildman–Crippen LogP) is 3.21. The maximum Gasteiger partial charge on any atom is 0.349 e. The molecule has 0 spiro atoms. The van der Waals surface area contributed by atoms with Gasteiger partial charge in [-0.2, -0.15) is 0 Å². The molecule has 0 atom stereocenters.